The summed E-state index contributed by atoms with van der Waals surface area (Å²) in [7, 11) is -2.36. The minimum atomic E-state index is -3.90. The molecule has 3 rings (SSSR count). The first-order valence-corrected chi connectivity index (χ1v) is 11.0. The van der Waals surface area contributed by atoms with E-state index in [0.717, 1.165) is 5.56 Å². The van der Waals surface area contributed by atoms with Crippen LogP contribution in [0.1, 0.15) is 11.1 Å². The molecule has 156 valence electrons. The van der Waals surface area contributed by atoms with Crippen LogP contribution in [0, 0.1) is 6.92 Å². The van der Waals surface area contributed by atoms with Gasteiger partial charge in [0, 0.05) is 11.3 Å². The molecule has 0 fully saturated rings. The van der Waals surface area contributed by atoms with Crippen molar-refractivity contribution in [3.05, 3.63) is 82.9 Å². The van der Waals surface area contributed by atoms with Crippen molar-refractivity contribution in [1.29, 1.82) is 0 Å². The SMILES string of the molecule is COc1ccccc1CC(=O)Nc1ccc(C)c(S(=O)(=O)Nc2ccccc2Cl)c1. The molecule has 0 aliphatic rings. The Morgan fingerprint density at radius 3 is 2.47 bits per heavy atom. The van der Waals surface area contributed by atoms with E-state index in [4.69, 9.17) is 16.3 Å². The zero-order valence-electron chi connectivity index (χ0n) is 16.5. The van der Waals surface area contributed by atoms with Crippen LogP contribution >= 0.6 is 11.6 Å². The van der Waals surface area contributed by atoms with Crippen LogP contribution in [0.15, 0.2) is 71.6 Å². The lowest BCUT2D eigenvalue weighted by atomic mass is 10.1. The zero-order valence-corrected chi connectivity index (χ0v) is 18.0. The lowest BCUT2D eigenvalue weighted by molar-refractivity contribution is -0.115. The molecule has 2 N–H and O–H groups in total. The fourth-order valence-electron chi connectivity index (χ4n) is 2.94. The Morgan fingerprint density at radius 2 is 1.73 bits per heavy atom. The van der Waals surface area contributed by atoms with Gasteiger partial charge in [-0.3, -0.25) is 9.52 Å². The molecule has 8 heteroatoms. The predicted octanol–water partition coefficient (Wildman–Crippen LogP) is 4.64. The van der Waals surface area contributed by atoms with Gasteiger partial charge in [-0.2, -0.15) is 0 Å². The van der Waals surface area contributed by atoms with Crippen LogP contribution < -0.4 is 14.8 Å². The van der Waals surface area contributed by atoms with Crippen molar-refractivity contribution >= 4 is 38.9 Å². The molecule has 0 saturated carbocycles. The van der Waals surface area contributed by atoms with Gasteiger partial charge in [-0.1, -0.05) is 48.0 Å². The highest BCUT2D eigenvalue weighted by Gasteiger charge is 2.19. The van der Waals surface area contributed by atoms with Gasteiger partial charge in [0.2, 0.25) is 5.91 Å². The Balaban J connectivity index is 1.81. The van der Waals surface area contributed by atoms with Crippen LogP contribution in [-0.2, 0) is 21.2 Å². The summed E-state index contributed by atoms with van der Waals surface area (Å²) in [5.41, 5.74) is 1.93. The second-order valence-electron chi connectivity index (χ2n) is 6.60. The molecule has 0 atom stereocenters. The number of ether oxygens (including phenoxy) is 1. The van der Waals surface area contributed by atoms with Crippen LogP contribution in [0.4, 0.5) is 11.4 Å². The highest BCUT2D eigenvalue weighted by Crippen LogP contribution is 2.27. The number of rotatable bonds is 7. The molecular formula is C22H21ClN2O4S. The Hall–Kier alpha value is -3.03. The summed E-state index contributed by atoms with van der Waals surface area (Å²) >= 11 is 6.07. The van der Waals surface area contributed by atoms with Gasteiger partial charge in [0.25, 0.3) is 10.0 Å². The molecule has 0 unspecified atom stereocenters. The van der Waals surface area contributed by atoms with E-state index in [0.29, 0.717) is 22.0 Å². The smallest absolute Gasteiger partial charge is 0.262 e. The monoisotopic (exact) mass is 444 g/mol. The second-order valence-corrected chi connectivity index (χ2v) is 8.66. The third-order valence-electron chi connectivity index (χ3n) is 4.42. The largest absolute Gasteiger partial charge is 0.496 e. The van der Waals surface area contributed by atoms with Crippen molar-refractivity contribution in [2.75, 3.05) is 17.1 Å². The summed E-state index contributed by atoms with van der Waals surface area (Å²) in [5.74, 6) is 0.328. The standard InChI is InChI=1S/C22H21ClN2O4S/c1-15-11-12-17(24-22(26)13-16-7-3-6-10-20(16)29-2)14-21(15)30(27,28)25-19-9-5-4-8-18(19)23/h3-12,14,25H,13H2,1-2H3,(H,24,26). The van der Waals surface area contributed by atoms with Crippen LogP contribution in [0.5, 0.6) is 5.75 Å². The molecular weight excluding hydrogens is 424 g/mol. The number of nitrogens with one attached hydrogen (secondary N) is 2. The van der Waals surface area contributed by atoms with E-state index in [2.05, 4.69) is 10.0 Å². The first-order valence-electron chi connectivity index (χ1n) is 9.10. The van der Waals surface area contributed by atoms with Gasteiger partial charge in [-0.25, -0.2) is 8.42 Å². The van der Waals surface area contributed by atoms with Gasteiger partial charge >= 0.3 is 0 Å². The lowest BCUT2D eigenvalue weighted by Crippen LogP contribution is -2.17. The van der Waals surface area contributed by atoms with E-state index in [-0.39, 0.29) is 22.9 Å². The zero-order chi connectivity index (χ0) is 21.7. The number of benzene rings is 3. The van der Waals surface area contributed by atoms with Gasteiger partial charge in [-0.05, 0) is 42.8 Å². The molecule has 0 radical (unpaired) electrons. The van der Waals surface area contributed by atoms with E-state index in [1.54, 1.807) is 62.6 Å². The fraction of sp³-hybridized carbons (Fsp3) is 0.136. The second kappa shape index (κ2) is 9.19. The normalized spacial score (nSPS) is 11.0. The number of halogens is 1. The number of para-hydroxylation sites is 2. The molecule has 0 aromatic heterocycles. The van der Waals surface area contributed by atoms with E-state index in [1.165, 1.54) is 6.07 Å². The maximum absolute atomic E-state index is 12.9. The first-order chi connectivity index (χ1) is 14.3. The minimum absolute atomic E-state index is 0.0533. The number of carbonyl (C=O) groups excluding carboxylic acids is 1. The predicted molar refractivity (Wildman–Crippen MR) is 119 cm³/mol. The maximum Gasteiger partial charge on any atom is 0.262 e. The Labute approximate surface area is 180 Å². The van der Waals surface area contributed by atoms with Crippen molar-refractivity contribution < 1.29 is 17.9 Å². The van der Waals surface area contributed by atoms with Crippen LogP contribution in [0.25, 0.3) is 0 Å². The average Bonchev–Trinajstić information content (AvgIpc) is 2.71. The average molecular weight is 445 g/mol. The number of amides is 1. The number of aryl methyl sites for hydroxylation is 1. The molecule has 0 heterocycles. The number of hydrogen-bond donors (Lipinski definition) is 2. The number of sulfonamides is 1. The van der Waals surface area contributed by atoms with E-state index < -0.39 is 10.0 Å². The quantitative estimate of drug-likeness (QED) is 0.556. The molecule has 0 aliphatic carbocycles. The van der Waals surface area contributed by atoms with E-state index >= 15 is 0 Å². The van der Waals surface area contributed by atoms with Crippen molar-refractivity contribution in [2.45, 2.75) is 18.2 Å². The lowest BCUT2D eigenvalue weighted by Gasteiger charge is -2.14. The molecule has 3 aromatic rings. The Bertz CT molecular complexity index is 1180. The highest BCUT2D eigenvalue weighted by atomic mass is 35.5. The molecule has 0 saturated heterocycles. The molecule has 1 amide bonds. The van der Waals surface area contributed by atoms with Crippen LogP contribution in [-0.4, -0.2) is 21.4 Å². The Kier molecular flexibility index (Phi) is 6.64. The van der Waals surface area contributed by atoms with Crippen LogP contribution in [0.3, 0.4) is 0 Å². The topological polar surface area (TPSA) is 84.5 Å². The number of carbonyl (C=O) groups is 1. The number of hydrogen-bond acceptors (Lipinski definition) is 4. The summed E-state index contributed by atoms with van der Waals surface area (Å²) in [6.45, 7) is 1.68. The Morgan fingerprint density at radius 1 is 1.03 bits per heavy atom. The van der Waals surface area contributed by atoms with E-state index in [1.807, 2.05) is 12.1 Å². The minimum Gasteiger partial charge on any atom is -0.496 e. The third-order valence-corrected chi connectivity index (χ3v) is 6.26. The summed E-state index contributed by atoms with van der Waals surface area (Å²) in [6, 6.07) is 18.5. The third kappa shape index (κ3) is 5.11. The molecule has 0 bridgehead atoms. The number of methoxy groups -OCH3 is 1. The van der Waals surface area contributed by atoms with E-state index in [9.17, 15) is 13.2 Å². The summed E-state index contributed by atoms with van der Waals surface area (Å²) < 4.78 is 33.5. The van der Waals surface area contributed by atoms with Crippen molar-refractivity contribution in [3.8, 4) is 5.75 Å². The summed E-state index contributed by atoms with van der Waals surface area (Å²) in [6.07, 6.45) is 0.0951. The van der Waals surface area contributed by atoms with Gasteiger partial charge in [0.1, 0.15) is 5.75 Å². The van der Waals surface area contributed by atoms with Gasteiger partial charge in [-0.15, -0.1) is 0 Å². The highest BCUT2D eigenvalue weighted by molar-refractivity contribution is 7.92. The van der Waals surface area contributed by atoms with Gasteiger partial charge in [0.15, 0.2) is 0 Å². The maximum atomic E-state index is 12.9. The van der Waals surface area contributed by atoms with Crippen molar-refractivity contribution in [1.82, 2.24) is 0 Å². The van der Waals surface area contributed by atoms with Crippen molar-refractivity contribution in [3.63, 3.8) is 0 Å². The summed E-state index contributed by atoms with van der Waals surface area (Å²) in [5, 5.41) is 3.04. The molecule has 0 aliphatic heterocycles. The van der Waals surface area contributed by atoms with Crippen LogP contribution in [0.2, 0.25) is 5.02 Å². The first kappa shape index (κ1) is 21.7. The molecule has 30 heavy (non-hydrogen) atoms. The van der Waals surface area contributed by atoms with Crippen molar-refractivity contribution in [2.24, 2.45) is 0 Å². The molecule has 0 spiro atoms. The molecule has 3 aromatic carbocycles. The fourth-order valence-corrected chi connectivity index (χ4v) is 4.53. The molecule has 6 nitrogen and oxygen atoms in total. The van der Waals surface area contributed by atoms with Gasteiger partial charge in [0.05, 0.1) is 29.1 Å². The number of anilines is 2. The van der Waals surface area contributed by atoms with Gasteiger partial charge < -0.3 is 10.1 Å². The summed E-state index contributed by atoms with van der Waals surface area (Å²) in [4.78, 5) is 12.5.